The lowest BCUT2D eigenvalue weighted by Gasteiger charge is -2.14. The molecule has 0 atom stereocenters. The summed E-state index contributed by atoms with van der Waals surface area (Å²) in [5.41, 5.74) is 1.61. The molecule has 0 aromatic carbocycles. The van der Waals surface area contributed by atoms with E-state index in [1.54, 1.807) is 5.57 Å². The molecule has 0 bridgehead atoms. The van der Waals surface area contributed by atoms with Crippen LogP contribution in [-0.4, -0.2) is 12.6 Å². The molecule has 1 fully saturated rings. The van der Waals surface area contributed by atoms with Crippen molar-refractivity contribution in [2.24, 2.45) is 5.92 Å². The lowest BCUT2D eigenvalue weighted by Crippen LogP contribution is -2.25. The van der Waals surface area contributed by atoms with E-state index in [2.05, 4.69) is 32.2 Å². The minimum Gasteiger partial charge on any atom is -0.311 e. The van der Waals surface area contributed by atoms with Crippen molar-refractivity contribution in [3.05, 3.63) is 11.6 Å². The summed E-state index contributed by atoms with van der Waals surface area (Å²) in [6.07, 6.45) is 12.4. The van der Waals surface area contributed by atoms with Crippen LogP contribution in [0.4, 0.5) is 0 Å². The van der Waals surface area contributed by atoms with Crippen molar-refractivity contribution < 1.29 is 0 Å². The molecule has 0 spiro atoms. The number of hydrogen-bond donors (Lipinski definition) is 1. The first-order valence-electron chi connectivity index (χ1n) is 7.15. The molecule has 94 valence electrons. The third kappa shape index (κ3) is 5.69. The van der Waals surface area contributed by atoms with E-state index in [4.69, 9.17) is 0 Å². The maximum absolute atomic E-state index is 3.53. The topological polar surface area (TPSA) is 12.0 Å². The third-order valence-corrected chi connectivity index (χ3v) is 3.56. The van der Waals surface area contributed by atoms with Gasteiger partial charge in [0.2, 0.25) is 0 Å². The first kappa shape index (κ1) is 13.8. The van der Waals surface area contributed by atoms with E-state index in [1.165, 1.54) is 44.9 Å². The first-order chi connectivity index (χ1) is 7.72. The van der Waals surface area contributed by atoms with Crippen molar-refractivity contribution in [2.75, 3.05) is 6.54 Å². The fourth-order valence-electron chi connectivity index (χ4n) is 2.45. The maximum Gasteiger partial charge on any atom is 0.0166 e. The second kappa shape index (κ2) is 7.89. The molecule has 1 N–H and O–H groups in total. The molecule has 1 nitrogen and oxygen atoms in total. The summed E-state index contributed by atoms with van der Waals surface area (Å²) >= 11 is 0. The zero-order chi connectivity index (χ0) is 11.8. The summed E-state index contributed by atoms with van der Waals surface area (Å²) in [5.74, 6) is 0.867. The normalized spacial score (nSPS) is 20.1. The molecule has 1 saturated carbocycles. The van der Waals surface area contributed by atoms with Gasteiger partial charge in [0.15, 0.2) is 0 Å². The molecule has 0 aliphatic heterocycles. The van der Waals surface area contributed by atoms with Gasteiger partial charge in [-0.2, -0.15) is 0 Å². The summed E-state index contributed by atoms with van der Waals surface area (Å²) in [6, 6.07) is 0.601. The molecule has 1 rings (SSSR count). The van der Waals surface area contributed by atoms with Crippen molar-refractivity contribution in [2.45, 2.75) is 71.8 Å². The minimum absolute atomic E-state index is 0.601. The molecule has 0 unspecified atom stereocenters. The molecule has 1 aliphatic carbocycles. The van der Waals surface area contributed by atoms with Gasteiger partial charge in [0.05, 0.1) is 0 Å². The molecule has 0 amide bonds. The fraction of sp³-hybridized carbons (Fsp3) is 0.867. The minimum atomic E-state index is 0.601. The highest BCUT2D eigenvalue weighted by Gasteiger charge is 2.10. The third-order valence-electron chi connectivity index (χ3n) is 3.56. The number of allylic oxidation sites excluding steroid dienone is 1. The van der Waals surface area contributed by atoms with Gasteiger partial charge in [-0.15, -0.1) is 0 Å². The van der Waals surface area contributed by atoms with Crippen molar-refractivity contribution >= 4 is 0 Å². The van der Waals surface area contributed by atoms with Gasteiger partial charge in [-0.3, -0.25) is 0 Å². The highest BCUT2D eigenvalue weighted by atomic mass is 14.9. The molecular weight excluding hydrogens is 194 g/mol. The van der Waals surface area contributed by atoms with Crippen molar-refractivity contribution in [1.29, 1.82) is 0 Å². The van der Waals surface area contributed by atoms with Crippen LogP contribution in [-0.2, 0) is 0 Å². The van der Waals surface area contributed by atoms with Crippen LogP contribution in [0.25, 0.3) is 0 Å². The summed E-state index contributed by atoms with van der Waals surface area (Å²) < 4.78 is 0. The number of rotatable bonds is 5. The molecule has 1 aliphatic rings. The highest BCUT2D eigenvalue weighted by molar-refractivity contribution is 5.06. The zero-order valence-electron chi connectivity index (χ0n) is 11.4. The largest absolute Gasteiger partial charge is 0.311 e. The Morgan fingerprint density at radius 3 is 2.31 bits per heavy atom. The van der Waals surface area contributed by atoms with E-state index in [0.717, 1.165) is 12.5 Å². The molecular formula is C15H29N. The summed E-state index contributed by atoms with van der Waals surface area (Å²) in [6.45, 7) is 7.81. The Labute approximate surface area is 102 Å². The van der Waals surface area contributed by atoms with Crippen LogP contribution in [0.3, 0.4) is 0 Å². The average Bonchev–Trinajstić information content (AvgIpc) is 2.52. The van der Waals surface area contributed by atoms with E-state index < -0.39 is 0 Å². The number of nitrogens with one attached hydrogen (secondary N) is 1. The van der Waals surface area contributed by atoms with E-state index >= 15 is 0 Å². The number of hydrogen-bond acceptors (Lipinski definition) is 1. The predicted molar refractivity (Wildman–Crippen MR) is 72.7 cm³/mol. The monoisotopic (exact) mass is 223 g/mol. The predicted octanol–water partition coefficient (Wildman–Crippen LogP) is 4.29. The van der Waals surface area contributed by atoms with Crippen molar-refractivity contribution in [1.82, 2.24) is 5.32 Å². The highest BCUT2D eigenvalue weighted by Crippen LogP contribution is 2.25. The van der Waals surface area contributed by atoms with Gasteiger partial charge < -0.3 is 5.32 Å². The summed E-state index contributed by atoms with van der Waals surface area (Å²) in [4.78, 5) is 0. The van der Waals surface area contributed by atoms with E-state index in [0.29, 0.717) is 6.04 Å². The smallest absolute Gasteiger partial charge is 0.0166 e. The van der Waals surface area contributed by atoms with Crippen LogP contribution in [0.15, 0.2) is 11.6 Å². The first-order valence-corrected chi connectivity index (χ1v) is 7.15. The van der Waals surface area contributed by atoms with Gasteiger partial charge in [0, 0.05) is 12.6 Å². The second-order valence-corrected chi connectivity index (χ2v) is 5.47. The Kier molecular flexibility index (Phi) is 6.79. The fourth-order valence-corrected chi connectivity index (χ4v) is 2.45. The summed E-state index contributed by atoms with van der Waals surface area (Å²) in [7, 11) is 0. The molecule has 16 heavy (non-hydrogen) atoms. The van der Waals surface area contributed by atoms with Crippen LogP contribution in [0.1, 0.15) is 65.7 Å². The standard InChI is InChI=1S/C15H29N/c1-4-14(12-16-13(2)3)11-15-9-7-5-6-8-10-15/h11,13,15-16H,4-10,12H2,1-3H3. The lowest BCUT2D eigenvalue weighted by atomic mass is 9.96. The molecule has 0 radical (unpaired) electrons. The Balaban J connectivity index is 2.42. The van der Waals surface area contributed by atoms with Crippen LogP contribution < -0.4 is 5.32 Å². The van der Waals surface area contributed by atoms with Gasteiger partial charge >= 0.3 is 0 Å². The van der Waals surface area contributed by atoms with Crippen molar-refractivity contribution in [3.8, 4) is 0 Å². The maximum atomic E-state index is 3.53. The Bertz CT molecular complexity index is 197. The van der Waals surface area contributed by atoms with E-state index in [9.17, 15) is 0 Å². The van der Waals surface area contributed by atoms with Gasteiger partial charge in [0.1, 0.15) is 0 Å². The SMILES string of the molecule is CCC(=CC1CCCCCC1)CNC(C)C. The Morgan fingerprint density at radius 1 is 1.19 bits per heavy atom. The van der Waals surface area contributed by atoms with Gasteiger partial charge in [0.25, 0.3) is 0 Å². The van der Waals surface area contributed by atoms with Crippen LogP contribution >= 0.6 is 0 Å². The lowest BCUT2D eigenvalue weighted by molar-refractivity contribution is 0.547. The molecule has 0 aromatic rings. The molecule has 0 saturated heterocycles. The van der Waals surface area contributed by atoms with E-state index in [1.807, 2.05) is 0 Å². The van der Waals surface area contributed by atoms with E-state index in [-0.39, 0.29) is 0 Å². The van der Waals surface area contributed by atoms with Crippen LogP contribution in [0.5, 0.6) is 0 Å². The van der Waals surface area contributed by atoms with Gasteiger partial charge in [-0.1, -0.05) is 58.1 Å². The zero-order valence-corrected chi connectivity index (χ0v) is 11.4. The van der Waals surface area contributed by atoms with Crippen LogP contribution in [0, 0.1) is 5.92 Å². The molecule has 1 heteroatoms. The second-order valence-electron chi connectivity index (χ2n) is 5.47. The van der Waals surface area contributed by atoms with Gasteiger partial charge in [-0.05, 0) is 25.2 Å². The summed E-state index contributed by atoms with van der Waals surface area (Å²) in [5, 5.41) is 3.53. The average molecular weight is 223 g/mol. The Hall–Kier alpha value is -0.300. The van der Waals surface area contributed by atoms with Crippen molar-refractivity contribution in [3.63, 3.8) is 0 Å². The van der Waals surface area contributed by atoms with Crippen LogP contribution in [0.2, 0.25) is 0 Å². The molecule has 0 heterocycles. The quantitative estimate of drug-likeness (QED) is 0.541. The Morgan fingerprint density at radius 2 is 1.81 bits per heavy atom. The van der Waals surface area contributed by atoms with Gasteiger partial charge in [-0.25, -0.2) is 0 Å². The molecule has 0 aromatic heterocycles.